The fourth-order valence-electron chi connectivity index (χ4n) is 1.66. The van der Waals surface area contributed by atoms with Crippen molar-refractivity contribution in [1.29, 1.82) is 0 Å². The van der Waals surface area contributed by atoms with Crippen molar-refractivity contribution in [2.24, 2.45) is 11.7 Å². The third-order valence-corrected chi connectivity index (χ3v) is 2.51. The van der Waals surface area contributed by atoms with E-state index in [-0.39, 0.29) is 11.8 Å². The number of amides is 2. The zero-order valence-corrected chi connectivity index (χ0v) is 10.1. The number of rotatable bonds is 3. The molecule has 0 bridgehead atoms. The Morgan fingerprint density at radius 2 is 2.12 bits per heavy atom. The van der Waals surface area contributed by atoms with E-state index in [0.29, 0.717) is 25.8 Å². The second kappa shape index (κ2) is 5.77. The summed E-state index contributed by atoms with van der Waals surface area (Å²) in [6.45, 7) is 4.14. The van der Waals surface area contributed by atoms with Crippen LogP contribution in [0.5, 0.6) is 0 Å². The number of hydrogen-bond acceptors (Lipinski definition) is 5. The van der Waals surface area contributed by atoms with E-state index in [2.05, 4.69) is 4.74 Å². The maximum Gasteiger partial charge on any atom is 0.424 e. The second-order valence-electron chi connectivity index (χ2n) is 4.57. The van der Waals surface area contributed by atoms with Gasteiger partial charge >= 0.3 is 12.1 Å². The molecule has 0 unspecified atom stereocenters. The van der Waals surface area contributed by atoms with Crippen LogP contribution >= 0.6 is 0 Å². The summed E-state index contributed by atoms with van der Waals surface area (Å²) in [4.78, 5) is 35.1. The van der Waals surface area contributed by atoms with Gasteiger partial charge in [-0.05, 0) is 18.8 Å². The molecule has 0 aromatic rings. The van der Waals surface area contributed by atoms with Gasteiger partial charge in [-0.2, -0.15) is 0 Å². The summed E-state index contributed by atoms with van der Waals surface area (Å²) < 4.78 is 4.57. The van der Waals surface area contributed by atoms with Crippen LogP contribution in [0.4, 0.5) is 4.79 Å². The fourth-order valence-corrected chi connectivity index (χ4v) is 1.66. The van der Waals surface area contributed by atoms with Gasteiger partial charge in [0.25, 0.3) is 0 Å². The molecule has 0 spiro atoms. The summed E-state index contributed by atoms with van der Waals surface area (Å²) in [6, 6.07) is -0.823. The van der Waals surface area contributed by atoms with Crippen LogP contribution in [0.25, 0.3) is 0 Å². The van der Waals surface area contributed by atoms with E-state index >= 15 is 0 Å². The second-order valence-corrected chi connectivity index (χ2v) is 4.57. The minimum Gasteiger partial charge on any atom is -0.375 e. The van der Waals surface area contributed by atoms with Crippen LogP contribution in [-0.2, 0) is 14.3 Å². The van der Waals surface area contributed by atoms with Crippen molar-refractivity contribution in [2.45, 2.75) is 39.2 Å². The van der Waals surface area contributed by atoms with E-state index in [1.165, 1.54) is 0 Å². The maximum absolute atomic E-state index is 11.5. The number of hydrogen-bond donors (Lipinski definition) is 1. The van der Waals surface area contributed by atoms with Crippen LogP contribution in [0.1, 0.15) is 33.1 Å². The summed E-state index contributed by atoms with van der Waals surface area (Å²) in [5.41, 5.74) is 5.57. The molecule has 2 N–H and O–H groups in total. The smallest absolute Gasteiger partial charge is 0.375 e. The maximum atomic E-state index is 11.5. The molecule has 6 heteroatoms. The van der Waals surface area contributed by atoms with Gasteiger partial charge in [-0.3, -0.25) is 4.79 Å². The number of nitrogens with zero attached hydrogens (tertiary/aromatic N) is 1. The molecule has 1 saturated heterocycles. The Bertz CT molecular complexity index is 327. The van der Waals surface area contributed by atoms with Gasteiger partial charge in [0.15, 0.2) is 0 Å². The first-order chi connectivity index (χ1) is 7.91. The Hall–Kier alpha value is -1.43. The first-order valence-electron chi connectivity index (χ1n) is 5.73. The molecule has 2 amide bonds. The summed E-state index contributed by atoms with van der Waals surface area (Å²) in [7, 11) is 0. The summed E-state index contributed by atoms with van der Waals surface area (Å²) in [5, 5.41) is 0. The van der Waals surface area contributed by atoms with Crippen LogP contribution < -0.4 is 5.73 Å². The van der Waals surface area contributed by atoms with Crippen molar-refractivity contribution < 1.29 is 19.1 Å². The largest absolute Gasteiger partial charge is 0.424 e. The lowest BCUT2D eigenvalue weighted by molar-refractivity contribution is -0.141. The highest BCUT2D eigenvalue weighted by atomic mass is 16.6. The van der Waals surface area contributed by atoms with Crippen LogP contribution in [0, 0.1) is 5.92 Å². The minimum atomic E-state index is -0.906. The third-order valence-electron chi connectivity index (χ3n) is 2.51. The van der Waals surface area contributed by atoms with Crippen molar-refractivity contribution in [2.75, 3.05) is 6.54 Å². The highest BCUT2D eigenvalue weighted by molar-refractivity contribution is 5.98. The van der Waals surface area contributed by atoms with Crippen molar-refractivity contribution in [3.8, 4) is 0 Å². The molecule has 1 aliphatic rings. The summed E-state index contributed by atoms with van der Waals surface area (Å²) >= 11 is 0. The van der Waals surface area contributed by atoms with Gasteiger partial charge in [-0.25, -0.2) is 14.5 Å². The predicted molar refractivity (Wildman–Crippen MR) is 59.9 cm³/mol. The molecule has 1 rings (SSSR count). The third kappa shape index (κ3) is 3.81. The normalized spacial score (nSPS) is 17.4. The van der Waals surface area contributed by atoms with Crippen LogP contribution in [0.15, 0.2) is 0 Å². The zero-order chi connectivity index (χ0) is 13.0. The van der Waals surface area contributed by atoms with Crippen LogP contribution in [0.3, 0.4) is 0 Å². The van der Waals surface area contributed by atoms with Gasteiger partial charge < -0.3 is 10.5 Å². The van der Waals surface area contributed by atoms with E-state index < -0.39 is 18.1 Å². The fraction of sp³-hybridized carbons (Fsp3) is 0.727. The Morgan fingerprint density at radius 1 is 1.47 bits per heavy atom. The molecule has 96 valence electrons. The molecule has 1 aliphatic heterocycles. The predicted octanol–water partition coefficient (Wildman–Crippen LogP) is 0.645. The number of imide groups is 1. The first-order valence-corrected chi connectivity index (χ1v) is 5.73. The summed E-state index contributed by atoms with van der Waals surface area (Å²) in [6.07, 6.45) is 0.471. The lowest BCUT2D eigenvalue weighted by Crippen LogP contribution is -2.40. The number of likely N-dealkylation sites (tertiary alicyclic amines) is 1. The number of carbonyl (C=O) groups is 3. The molecule has 17 heavy (non-hydrogen) atoms. The highest BCUT2D eigenvalue weighted by Crippen LogP contribution is 2.12. The van der Waals surface area contributed by atoms with E-state index in [9.17, 15) is 14.4 Å². The quantitative estimate of drug-likeness (QED) is 0.579. The monoisotopic (exact) mass is 242 g/mol. The molecule has 0 aromatic carbocycles. The van der Waals surface area contributed by atoms with Crippen molar-refractivity contribution >= 4 is 18.0 Å². The number of esters is 1. The molecular weight excluding hydrogens is 224 g/mol. The van der Waals surface area contributed by atoms with Crippen molar-refractivity contribution in [3.63, 3.8) is 0 Å². The summed E-state index contributed by atoms with van der Waals surface area (Å²) in [5.74, 6) is -0.843. The molecule has 1 atom stereocenters. The van der Waals surface area contributed by atoms with E-state index in [4.69, 9.17) is 5.73 Å². The van der Waals surface area contributed by atoms with Crippen LogP contribution in [-0.4, -0.2) is 35.5 Å². The van der Waals surface area contributed by atoms with Crippen LogP contribution in [0.2, 0.25) is 0 Å². The number of carbonyl (C=O) groups excluding carboxylic acids is 3. The number of ether oxygens (including phenoxy) is 1. The Balaban J connectivity index is 2.45. The lowest BCUT2D eigenvalue weighted by atomic mass is 10.1. The van der Waals surface area contributed by atoms with E-state index in [0.717, 1.165) is 4.90 Å². The molecule has 0 radical (unpaired) electrons. The molecule has 0 saturated carbocycles. The Kier molecular flexibility index (Phi) is 4.62. The molecular formula is C11H18N2O4. The molecule has 6 nitrogen and oxygen atoms in total. The lowest BCUT2D eigenvalue weighted by Gasteiger charge is -2.15. The minimum absolute atomic E-state index is 0.237. The van der Waals surface area contributed by atoms with E-state index in [1.54, 1.807) is 0 Å². The van der Waals surface area contributed by atoms with Gasteiger partial charge in [0.1, 0.15) is 6.04 Å². The molecule has 1 fully saturated rings. The van der Waals surface area contributed by atoms with Crippen molar-refractivity contribution in [1.82, 2.24) is 4.90 Å². The first kappa shape index (κ1) is 13.6. The molecule has 0 aromatic heterocycles. The Morgan fingerprint density at radius 3 is 2.59 bits per heavy atom. The van der Waals surface area contributed by atoms with E-state index in [1.807, 2.05) is 13.8 Å². The average molecular weight is 242 g/mol. The standard InChI is InChI=1S/C11H18N2O4/c1-7(2)6-8(12)10(15)17-11(16)13-5-3-4-9(13)14/h7-8H,3-6,12H2,1-2H3/t8-/m0/s1. The number of nitrogens with two attached hydrogens (primary N) is 1. The molecule has 0 aliphatic carbocycles. The van der Waals surface area contributed by atoms with Crippen molar-refractivity contribution in [3.05, 3.63) is 0 Å². The average Bonchev–Trinajstić information content (AvgIpc) is 2.63. The van der Waals surface area contributed by atoms with Gasteiger partial charge in [0.05, 0.1) is 0 Å². The zero-order valence-electron chi connectivity index (χ0n) is 10.1. The molecule has 1 heterocycles. The van der Waals surface area contributed by atoms with Gasteiger partial charge in [0, 0.05) is 13.0 Å². The SMILES string of the molecule is CC(C)C[C@H](N)C(=O)OC(=O)N1CCCC1=O. The topological polar surface area (TPSA) is 89.7 Å². The van der Waals surface area contributed by atoms with Gasteiger partial charge in [-0.1, -0.05) is 13.8 Å². The highest BCUT2D eigenvalue weighted by Gasteiger charge is 2.30. The Labute approximate surface area is 100 Å². The van der Waals surface area contributed by atoms with Gasteiger partial charge in [0.2, 0.25) is 5.91 Å². The van der Waals surface area contributed by atoms with Gasteiger partial charge in [-0.15, -0.1) is 0 Å².